The molecule has 0 saturated carbocycles. The lowest BCUT2D eigenvalue weighted by molar-refractivity contribution is -0.671. The van der Waals surface area contributed by atoms with Gasteiger partial charge < -0.3 is 4.52 Å². The highest BCUT2D eigenvalue weighted by Crippen LogP contribution is 2.24. The van der Waals surface area contributed by atoms with Crippen molar-refractivity contribution in [2.24, 2.45) is 7.05 Å². The topological polar surface area (TPSA) is 42.8 Å². The van der Waals surface area contributed by atoms with Gasteiger partial charge in [0, 0.05) is 41.7 Å². The summed E-state index contributed by atoms with van der Waals surface area (Å²) in [6, 6.07) is 9.75. The quantitative estimate of drug-likeness (QED) is 0.643. The van der Waals surface area contributed by atoms with Gasteiger partial charge in [-0.1, -0.05) is 5.16 Å². The van der Waals surface area contributed by atoms with Crippen molar-refractivity contribution >= 4 is 0 Å². The Morgan fingerprint density at radius 1 is 1.00 bits per heavy atom. The Kier molecular flexibility index (Phi) is 2.61. The van der Waals surface area contributed by atoms with Crippen LogP contribution in [0.5, 0.6) is 0 Å². The number of pyridine rings is 2. The maximum atomic E-state index is 5.37. The zero-order valence-corrected chi connectivity index (χ0v) is 9.95. The molecule has 18 heavy (non-hydrogen) atoms. The first-order valence-electron chi connectivity index (χ1n) is 5.66. The van der Waals surface area contributed by atoms with E-state index in [0.29, 0.717) is 0 Å². The first kappa shape index (κ1) is 10.7. The smallest absolute Gasteiger partial charge is 0.169 e. The van der Waals surface area contributed by atoms with E-state index in [1.54, 1.807) is 12.4 Å². The highest BCUT2D eigenvalue weighted by molar-refractivity contribution is 5.65. The number of hydrogen-bond donors (Lipinski definition) is 0. The maximum Gasteiger partial charge on any atom is 0.169 e. The second-order valence-corrected chi connectivity index (χ2v) is 4.06. The summed E-state index contributed by atoms with van der Waals surface area (Å²) in [5.41, 5.74) is 2.84. The van der Waals surface area contributed by atoms with Crippen LogP contribution in [0, 0.1) is 0 Å². The molecule has 3 rings (SSSR count). The Labute approximate surface area is 105 Å². The van der Waals surface area contributed by atoms with Crippen LogP contribution in [0.3, 0.4) is 0 Å². The maximum absolute atomic E-state index is 5.37. The molecule has 3 heterocycles. The minimum absolute atomic E-state index is 0.766. The highest BCUT2D eigenvalue weighted by atomic mass is 16.5. The number of rotatable bonds is 2. The van der Waals surface area contributed by atoms with Gasteiger partial charge in [-0.3, -0.25) is 4.98 Å². The molecule has 4 heteroatoms. The van der Waals surface area contributed by atoms with E-state index in [1.165, 1.54) is 0 Å². The van der Waals surface area contributed by atoms with Gasteiger partial charge in [-0.2, -0.15) is 0 Å². The molecule has 0 fully saturated rings. The number of aromatic nitrogens is 3. The average Bonchev–Trinajstić information content (AvgIpc) is 2.90. The zero-order chi connectivity index (χ0) is 12.4. The van der Waals surface area contributed by atoms with Crippen LogP contribution in [0.25, 0.3) is 22.6 Å². The van der Waals surface area contributed by atoms with E-state index in [2.05, 4.69) is 10.1 Å². The highest BCUT2D eigenvalue weighted by Gasteiger charge is 2.09. The molecule has 88 valence electrons. The third-order valence-electron chi connectivity index (χ3n) is 2.75. The van der Waals surface area contributed by atoms with Crippen LogP contribution >= 0.6 is 0 Å². The van der Waals surface area contributed by atoms with E-state index >= 15 is 0 Å². The van der Waals surface area contributed by atoms with Gasteiger partial charge in [0.25, 0.3) is 0 Å². The zero-order valence-electron chi connectivity index (χ0n) is 9.95. The summed E-state index contributed by atoms with van der Waals surface area (Å²) in [5.74, 6) is 0.766. The van der Waals surface area contributed by atoms with Crippen LogP contribution in [-0.2, 0) is 7.05 Å². The largest absolute Gasteiger partial charge is 0.356 e. The van der Waals surface area contributed by atoms with Crippen LogP contribution < -0.4 is 4.57 Å². The van der Waals surface area contributed by atoms with Crippen molar-refractivity contribution in [1.82, 2.24) is 10.1 Å². The van der Waals surface area contributed by atoms with Crippen molar-refractivity contribution in [2.75, 3.05) is 0 Å². The fourth-order valence-electron chi connectivity index (χ4n) is 1.74. The van der Waals surface area contributed by atoms with Crippen molar-refractivity contribution < 1.29 is 9.09 Å². The van der Waals surface area contributed by atoms with Gasteiger partial charge in [0.15, 0.2) is 18.2 Å². The molecule has 0 spiro atoms. The molecule has 0 saturated heterocycles. The summed E-state index contributed by atoms with van der Waals surface area (Å²) in [6.07, 6.45) is 7.44. The third kappa shape index (κ3) is 2.00. The van der Waals surface area contributed by atoms with Gasteiger partial charge in [0.05, 0.1) is 0 Å². The van der Waals surface area contributed by atoms with E-state index in [0.717, 1.165) is 22.6 Å². The number of aryl methyl sites for hydroxylation is 1. The van der Waals surface area contributed by atoms with E-state index < -0.39 is 0 Å². The summed E-state index contributed by atoms with van der Waals surface area (Å²) < 4.78 is 7.34. The lowest BCUT2D eigenvalue weighted by Gasteiger charge is -1.92. The predicted molar refractivity (Wildman–Crippen MR) is 66.3 cm³/mol. The minimum Gasteiger partial charge on any atom is -0.356 e. The van der Waals surface area contributed by atoms with Crippen molar-refractivity contribution in [3.8, 4) is 22.6 Å². The summed E-state index contributed by atoms with van der Waals surface area (Å²) in [4.78, 5) is 3.98. The molecule has 4 nitrogen and oxygen atoms in total. The molecule has 0 aliphatic carbocycles. The molecule has 0 unspecified atom stereocenters. The molecule has 3 aromatic rings. The van der Waals surface area contributed by atoms with Gasteiger partial charge in [-0.05, 0) is 12.1 Å². The lowest BCUT2D eigenvalue weighted by atomic mass is 10.1. The number of nitrogens with zero attached hydrogens (tertiary/aromatic N) is 3. The molecule has 0 bridgehead atoms. The first-order valence-corrected chi connectivity index (χ1v) is 5.66. The summed E-state index contributed by atoms with van der Waals surface area (Å²) in [5, 5.41) is 4.08. The summed E-state index contributed by atoms with van der Waals surface area (Å²) in [7, 11) is 1.98. The molecule has 0 amide bonds. The Morgan fingerprint density at radius 2 is 1.72 bits per heavy atom. The summed E-state index contributed by atoms with van der Waals surface area (Å²) >= 11 is 0. The first-order chi connectivity index (χ1) is 8.83. The van der Waals surface area contributed by atoms with Crippen molar-refractivity contribution in [3.63, 3.8) is 0 Å². The van der Waals surface area contributed by atoms with Gasteiger partial charge >= 0.3 is 0 Å². The average molecular weight is 238 g/mol. The Hall–Kier alpha value is -2.49. The van der Waals surface area contributed by atoms with E-state index in [-0.39, 0.29) is 0 Å². The fourth-order valence-corrected chi connectivity index (χ4v) is 1.74. The molecule has 0 N–H and O–H groups in total. The number of hydrogen-bond acceptors (Lipinski definition) is 3. The SMILES string of the molecule is C[n+]1ccc(-c2cc(-c3ccncc3)no2)cc1. The van der Waals surface area contributed by atoms with Crippen molar-refractivity contribution in [2.45, 2.75) is 0 Å². The van der Waals surface area contributed by atoms with Crippen LogP contribution in [0.15, 0.2) is 59.6 Å². The van der Waals surface area contributed by atoms with Crippen LogP contribution in [0.4, 0.5) is 0 Å². The van der Waals surface area contributed by atoms with E-state index in [9.17, 15) is 0 Å². The van der Waals surface area contributed by atoms with Crippen LogP contribution in [0.1, 0.15) is 0 Å². The van der Waals surface area contributed by atoms with Crippen LogP contribution in [0.2, 0.25) is 0 Å². The van der Waals surface area contributed by atoms with Crippen molar-refractivity contribution in [1.29, 1.82) is 0 Å². The Morgan fingerprint density at radius 3 is 2.44 bits per heavy atom. The van der Waals surface area contributed by atoms with Gasteiger partial charge in [0.2, 0.25) is 0 Å². The van der Waals surface area contributed by atoms with E-state index in [1.807, 2.05) is 54.3 Å². The molecule has 0 aliphatic heterocycles. The molecular formula is C14H12N3O+. The van der Waals surface area contributed by atoms with Gasteiger partial charge in [-0.15, -0.1) is 0 Å². The lowest BCUT2D eigenvalue weighted by Crippen LogP contribution is -2.25. The monoisotopic (exact) mass is 238 g/mol. The summed E-state index contributed by atoms with van der Waals surface area (Å²) in [6.45, 7) is 0. The standard InChI is InChI=1S/C14H12N3O/c1-17-8-4-12(5-9-17)14-10-13(16-18-14)11-2-6-15-7-3-11/h2-10H,1H3/q+1. The molecule has 0 aliphatic rings. The normalized spacial score (nSPS) is 10.5. The molecule has 3 aromatic heterocycles. The predicted octanol–water partition coefficient (Wildman–Crippen LogP) is 2.23. The third-order valence-corrected chi connectivity index (χ3v) is 2.75. The Balaban J connectivity index is 1.97. The second kappa shape index (κ2) is 4.41. The molecular weight excluding hydrogens is 226 g/mol. The fraction of sp³-hybridized carbons (Fsp3) is 0.0714. The molecule has 0 radical (unpaired) electrons. The van der Waals surface area contributed by atoms with Gasteiger partial charge in [0.1, 0.15) is 12.7 Å². The van der Waals surface area contributed by atoms with Gasteiger partial charge in [-0.25, -0.2) is 4.57 Å². The van der Waals surface area contributed by atoms with Crippen LogP contribution in [-0.4, -0.2) is 10.1 Å². The van der Waals surface area contributed by atoms with Crippen molar-refractivity contribution in [3.05, 3.63) is 55.1 Å². The Bertz CT molecular complexity index is 644. The molecule has 0 atom stereocenters. The minimum atomic E-state index is 0.766. The van der Waals surface area contributed by atoms with E-state index in [4.69, 9.17) is 4.52 Å². The molecule has 0 aromatic carbocycles. The second-order valence-electron chi connectivity index (χ2n) is 4.06.